The normalized spacial score (nSPS) is 22.7. The molecule has 0 spiro atoms. The van der Waals surface area contributed by atoms with Crippen LogP contribution in [0.5, 0.6) is 0 Å². The number of carbonyl (C=O) groups excluding carboxylic acids is 1. The van der Waals surface area contributed by atoms with Crippen molar-refractivity contribution in [2.45, 2.75) is 76.3 Å². The number of rotatable bonds is 4. The Kier molecular flexibility index (Phi) is 6.09. The highest BCUT2D eigenvalue weighted by molar-refractivity contribution is 5.78. The molecule has 126 valence electrons. The molecule has 0 aliphatic heterocycles. The van der Waals surface area contributed by atoms with E-state index in [0.717, 1.165) is 19.3 Å². The minimum Gasteiger partial charge on any atom is -0.348 e. The minimum absolute atomic E-state index is 0.147. The summed E-state index contributed by atoms with van der Waals surface area (Å²) in [5.74, 6) is 0.147. The molecule has 1 saturated carbocycles. The monoisotopic (exact) mass is 314 g/mol. The number of carbonyl (C=O) groups is 1. The Hall–Kier alpha value is -1.35. The molecule has 0 radical (unpaired) electrons. The van der Waals surface area contributed by atoms with E-state index < -0.39 is 0 Å². The van der Waals surface area contributed by atoms with Crippen LogP contribution in [-0.2, 0) is 11.2 Å². The summed E-state index contributed by atoms with van der Waals surface area (Å²) >= 11 is 0. The Balaban J connectivity index is 1.48. The van der Waals surface area contributed by atoms with E-state index in [0.29, 0.717) is 12.6 Å². The van der Waals surface area contributed by atoms with Gasteiger partial charge >= 0.3 is 0 Å². The van der Waals surface area contributed by atoms with Crippen LogP contribution in [0.15, 0.2) is 24.3 Å². The van der Waals surface area contributed by atoms with E-state index >= 15 is 0 Å². The van der Waals surface area contributed by atoms with E-state index in [1.165, 1.54) is 56.1 Å². The minimum atomic E-state index is 0.147. The third-order valence-electron chi connectivity index (χ3n) is 5.36. The van der Waals surface area contributed by atoms with Crippen molar-refractivity contribution >= 4 is 5.91 Å². The highest BCUT2D eigenvalue weighted by atomic mass is 16.2. The van der Waals surface area contributed by atoms with Gasteiger partial charge in [0.2, 0.25) is 5.91 Å². The first-order valence-electron chi connectivity index (χ1n) is 9.43. The highest BCUT2D eigenvalue weighted by Gasteiger charge is 2.21. The summed E-state index contributed by atoms with van der Waals surface area (Å²) in [7, 11) is 0. The van der Waals surface area contributed by atoms with Crippen LogP contribution in [0.3, 0.4) is 0 Å². The Labute approximate surface area is 140 Å². The lowest BCUT2D eigenvalue weighted by atomic mass is 9.88. The van der Waals surface area contributed by atoms with Crippen molar-refractivity contribution < 1.29 is 4.79 Å². The van der Waals surface area contributed by atoms with Crippen molar-refractivity contribution in [3.8, 4) is 0 Å². The molecule has 1 aromatic rings. The van der Waals surface area contributed by atoms with Gasteiger partial charge in [0.05, 0.1) is 12.6 Å². The Morgan fingerprint density at radius 2 is 1.70 bits per heavy atom. The first-order valence-corrected chi connectivity index (χ1v) is 9.43. The number of fused-ring (bicyclic) bond motifs is 1. The number of amides is 1. The maximum absolute atomic E-state index is 12.3. The van der Waals surface area contributed by atoms with Gasteiger partial charge in [0, 0.05) is 6.04 Å². The van der Waals surface area contributed by atoms with Crippen LogP contribution < -0.4 is 10.6 Å². The number of benzene rings is 1. The van der Waals surface area contributed by atoms with Crippen LogP contribution in [-0.4, -0.2) is 18.5 Å². The largest absolute Gasteiger partial charge is 0.348 e. The van der Waals surface area contributed by atoms with Crippen LogP contribution in [0.1, 0.15) is 75.0 Å². The molecule has 2 aliphatic rings. The average molecular weight is 314 g/mol. The predicted octanol–water partition coefficient (Wildman–Crippen LogP) is 3.88. The van der Waals surface area contributed by atoms with Crippen LogP contribution in [0, 0.1) is 0 Å². The summed E-state index contributed by atoms with van der Waals surface area (Å²) in [5, 5.41) is 6.73. The maximum atomic E-state index is 12.3. The Morgan fingerprint density at radius 3 is 2.52 bits per heavy atom. The fourth-order valence-corrected chi connectivity index (χ4v) is 4.05. The Morgan fingerprint density at radius 1 is 0.957 bits per heavy atom. The van der Waals surface area contributed by atoms with Gasteiger partial charge in [-0.2, -0.15) is 0 Å². The van der Waals surface area contributed by atoms with Gasteiger partial charge in [-0.15, -0.1) is 0 Å². The molecule has 1 aromatic carbocycles. The zero-order valence-electron chi connectivity index (χ0n) is 14.2. The van der Waals surface area contributed by atoms with E-state index in [-0.39, 0.29) is 11.9 Å². The fraction of sp³-hybridized carbons (Fsp3) is 0.650. The van der Waals surface area contributed by atoms with Gasteiger partial charge in [0.25, 0.3) is 0 Å². The van der Waals surface area contributed by atoms with Crippen molar-refractivity contribution in [1.29, 1.82) is 0 Å². The second-order valence-electron chi connectivity index (χ2n) is 7.13. The lowest BCUT2D eigenvalue weighted by Crippen LogP contribution is -2.41. The highest BCUT2D eigenvalue weighted by Crippen LogP contribution is 2.29. The molecule has 1 fully saturated rings. The van der Waals surface area contributed by atoms with Crippen LogP contribution in [0.25, 0.3) is 0 Å². The lowest BCUT2D eigenvalue weighted by molar-refractivity contribution is -0.121. The molecule has 0 heterocycles. The molecule has 0 bridgehead atoms. The van der Waals surface area contributed by atoms with Crippen LogP contribution >= 0.6 is 0 Å². The van der Waals surface area contributed by atoms with E-state index in [1.807, 2.05) is 0 Å². The van der Waals surface area contributed by atoms with Gasteiger partial charge in [0.15, 0.2) is 0 Å². The second kappa shape index (κ2) is 8.49. The van der Waals surface area contributed by atoms with Gasteiger partial charge < -0.3 is 10.6 Å². The molecular weight excluding hydrogens is 284 g/mol. The molecule has 1 atom stereocenters. The molecule has 1 amide bonds. The van der Waals surface area contributed by atoms with Crippen molar-refractivity contribution in [3.05, 3.63) is 35.4 Å². The molecule has 23 heavy (non-hydrogen) atoms. The Bertz CT molecular complexity index is 506. The number of hydrogen-bond acceptors (Lipinski definition) is 2. The summed E-state index contributed by atoms with van der Waals surface area (Å²) in [6.45, 7) is 0.462. The van der Waals surface area contributed by atoms with E-state index in [9.17, 15) is 4.79 Å². The van der Waals surface area contributed by atoms with Gasteiger partial charge in [-0.1, -0.05) is 56.4 Å². The molecular formula is C20H30N2O. The summed E-state index contributed by atoms with van der Waals surface area (Å²) in [6.07, 6.45) is 12.5. The van der Waals surface area contributed by atoms with Gasteiger partial charge in [-0.25, -0.2) is 0 Å². The fourth-order valence-electron chi connectivity index (χ4n) is 4.05. The molecule has 0 unspecified atom stereocenters. The summed E-state index contributed by atoms with van der Waals surface area (Å²) in [6, 6.07) is 9.27. The van der Waals surface area contributed by atoms with E-state index in [2.05, 4.69) is 34.9 Å². The second-order valence-corrected chi connectivity index (χ2v) is 7.13. The first-order chi connectivity index (χ1) is 11.3. The third kappa shape index (κ3) is 4.81. The van der Waals surface area contributed by atoms with Crippen molar-refractivity contribution in [3.63, 3.8) is 0 Å². The van der Waals surface area contributed by atoms with E-state index in [4.69, 9.17) is 0 Å². The van der Waals surface area contributed by atoms with Crippen LogP contribution in [0.2, 0.25) is 0 Å². The summed E-state index contributed by atoms with van der Waals surface area (Å²) in [5.41, 5.74) is 2.72. The van der Waals surface area contributed by atoms with Crippen molar-refractivity contribution in [2.75, 3.05) is 6.54 Å². The molecule has 2 aliphatic carbocycles. The molecule has 3 nitrogen and oxygen atoms in total. The van der Waals surface area contributed by atoms with Crippen molar-refractivity contribution in [2.24, 2.45) is 0 Å². The number of aryl methyl sites for hydroxylation is 1. The van der Waals surface area contributed by atoms with E-state index in [1.54, 1.807) is 0 Å². The topological polar surface area (TPSA) is 41.1 Å². The third-order valence-corrected chi connectivity index (χ3v) is 5.36. The van der Waals surface area contributed by atoms with Gasteiger partial charge in [0.1, 0.15) is 0 Å². The quantitative estimate of drug-likeness (QED) is 0.885. The molecule has 2 N–H and O–H groups in total. The lowest BCUT2D eigenvalue weighted by Gasteiger charge is -2.27. The smallest absolute Gasteiger partial charge is 0.234 e. The molecule has 0 aromatic heterocycles. The molecule has 3 rings (SSSR count). The zero-order chi connectivity index (χ0) is 15.9. The first kappa shape index (κ1) is 16.5. The molecule has 3 heteroatoms. The number of hydrogen-bond donors (Lipinski definition) is 2. The van der Waals surface area contributed by atoms with Gasteiger partial charge in [-0.3, -0.25) is 4.79 Å². The SMILES string of the molecule is O=C(CNC1CCCCCCC1)N[C@@H]1CCCc2ccccc21. The predicted molar refractivity (Wildman–Crippen MR) is 94.4 cm³/mol. The maximum Gasteiger partial charge on any atom is 0.234 e. The van der Waals surface area contributed by atoms with Gasteiger partial charge in [-0.05, 0) is 43.2 Å². The molecule has 0 saturated heterocycles. The average Bonchev–Trinajstić information content (AvgIpc) is 2.54. The van der Waals surface area contributed by atoms with Crippen molar-refractivity contribution in [1.82, 2.24) is 10.6 Å². The zero-order valence-corrected chi connectivity index (χ0v) is 14.2. The summed E-state index contributed by atoms with van der Waals surface area (Å²) in [4.78, 5) is 12.3. The van der Waals surface area contributed by atoms with Crippen LogP contribution in [0.4, 0.5) is 0 Å². The standard InChI is InChI=1S/C20H30N2O/c23-20(15-21-17-11-4-2-1-3-5-12-17)22-19-14-8-10-16-9-6-7-13-18(16)19/h6-7,9,13,17,19,21H,1-5,8,10-12,14-15H2,(H,22,23)/t19-/m1/s1. The summed E-state index contributed by atoms with van der Waals surface area (Å²) < 4.78 is 0. The number of nitrogens with one attached hydrogen (secondary N) is 2.